The number of nitrogens with one attached hydrogen (secondary N) is 2. The Bertz CT molecular complexity index is 853. The van der Waals surface area contributed by atoms with E-state index in [0.717, 1.165) is 18.5 Å². The number of fused-ring (bicyclic) bond motifs is 1. The molecule has 1 saturated carbocycles. The smallest absolute Gasteiger partial charge is 0.296 e. The Balaban J connectivity index is 1.91. The highest BCUT2D eigenvalue weighted by Crippen LogP contribution is 2.35. The third kappa shape index (κ3) is 1.75. The van der Waals surface area contributed by atoms with E-state index >= 15 is 0 Å². The van der Waals surface area contributed by atoms with Crippen molar-refractivity contribution in [2.45, 2.75) is 31.6 Å². The molecular formula is C13H15N7O. The van der Waals surface area contributed by atoms with E-state index < -0.39 is 0 Å². The first-order valence-electron chi connectivity index (χ1n) is 7.00. The molecule has 0 spiro atoms. The van der Waals surface area contributed by atoms with Crippen molar-refractivity contribution in [2.24, 2.45) is 0 Å². The van der Waals surface area contributed by atoms with Crippen molar-refractivity contribution >= 4 is 16.9 Å². The molecule has 8 nitrogen and oxygen atoms in total. The van der Waals surface area contributed by atoms with Gasteiger partial charge in [-0.25, -0.2) is 15.0 Å². The number of anilines is 1. The average molecular weight is 285 g/mol. The van der Waals surface area contributed by atoms with Crippen molar-refractivity contribution in [3.63, 3.8) is 0 Å². The molecule has 1 fully saturated rings. The van der Waals surface area contributed by atoms with E-state index in [4.69, 9.17) is 5.73 Å². The third-order valence-electron chi connectivity index (χ3n) is 4.13. The number of H-pyrrole nitrogens is 2. The van der Waals surface area contributed by atoms with Gasteiger partial charge in [0.2, 0.25) is 0 Å². The number of nitrogens with two attached hydrogens (primary N) is 1. The van der Waals surface area contributed by atoms with E-state index in [-0.39, 0.29) is 11.2 Å². The Labute approximate surface area is 119 Å². The Morgan fingerprint density at radius 1 is 1.24 bits per heavy atom. The highest BCUT2D eigenvalue weighted by molar-refractivity contribution is 5.77. The number of hydrogen-bond acceptors (Lipinski definition) is 5. The summed E-state index contributed by atoms with van der Waals surface area (Å²) in [5.41, 5.74) is 7.97. The Morgan fingerprint density at radius 2 is 2.05 bits per heavy atom. The van der Waals surface area contributed by atoms with Crippen LogP contribution in [0, 0.1) is 0 Å². The molecule has 0 aliphatic heterocycles. The number of aromatic amines is 2. The number of hydrogen-bond donors (Lipinski definition) is 3. The lowest BCUT2D eigenvalue weighted by Gasteiger charge is -2.07. The average Bonchev–Trinajstić information content (AvgIpc) is 3.21. The number of nitrogens with zero attached hydrogens (tertiary/aromatic N) is 4. The molecule has 0 amide bonds. The predicted molar refractivity (Wildman–Crippen MR) is 77.3 cm³/mol. The van der Waals surface area contributed by atoms with Gasteiger partial charge in [0, 0.05) is 5.92 Å². The van der Waals surface area contributed by atoms with Gasteiger partial charge in [0.15, 0.2) is 11.5 Å². The molecule has 0 atom stereocenters. The Morgan fingerprint density at radius 3 is 2.86 bits per heavy atom. The maximum absolute atomic E-state index is 12.4. The zero-order chi connectivity index (χ0) is 14.4. The standard InChI is InChI=1S/C13H15N7O/c14-8-9(7-3-1-2-4-7)19-20(13(8)21)12-10-11(16-5-15-10)17-6-18-12/h5-7,19H,1-4,14H2,(H,15,16,17,18). The number of nitrogen functional groups attached to an aromatic ring is 1. The topological polar surface area (TPSA) is 118 Å². The van der Waals surface area contributed by atoms with Crippen LogP contribution in [0.2, 0.25) is 0 Å². The first kappa shape index (κ1) is 12.1. The number of imidazole rings is 1. The van der Waals surface area contributed by atoms with Crippen LogP contribution in [0.4, 0.5) is 5.69 Å². The molecule has 4 N–H and O–H groups in total. The number of aromatic nitrogens is 6. The summed E-state index contributed by atoms with van der Waals surface area (Å²) in [5.74, 6) is 0.775. The van der Waals surface area contributed by atoms with Gasteiger partial charge < -0.3 is 10.7 Å². The monoisotopic (exact) mass is 285 g/mol. The lowest BCUT2D eigenvalue weighted by Crippen LogP contribution is -2.18. The van der Waals surface area contributed by atoms with Gasteiger partial charge in [-0.1, -0.05) is 12.8 Å². The maximum Gasteiger partial charge on any atom is 0.296 e. The van der Waals surface area contributed by atoms with Crippen molar-refractivity contribution in [1.82, 2.24) is 29.7 Å². The summed E-state index contributed by atoms with van der Waals surface area (Å²) >= 11 is 0. The third-order valence-corrected chi connectivity index (χ3v) is 4.13. The minimum atomic E-state index is -0.272. The summed E-state index contributed by atoms with van der Waals surface area (Å²) in [6.45, 7) is 0. The summed E-state index contributed by atoms with van der Waals surface area (Å²) in [7, 11) is 0. The lowest BCUT2D eigenvalue weighted by molar-refractivity contribution is 0.675. The molecule has 3 aromatic rings. The molecule has 0 saturated heterocycles. The molecular weight excluding hydrogens is 270 g/mol. The van der Waals surface area contributed by atoms with Gasteiger partial charge in [0.25, 0.3) is 5.56 Å². The van der Waals surface area contributed by atoms with Crippen LogP contribution in [0.1, 0.15) is 37.3 Å². The molecule has 21 heavy (non-hydrogen) atoms. The second-order valence-corrected chi connectivity index (χ2v) is 5.36. The van der Waals surface area contributed by atoms with E-state index in [1.165, 1.54) is 30.2 Å². The van der Waals surface area contributed by atoms with Gasteiger partial charge in [0.05, 0.1) is 12.0 Å². The first-order valence-corrected chi connectivity index (χ1v) is 7.00. The lowest BCUT2D eigenvalue weighted by atomic mass is 10.0. The van der Waals surface area contributed by atoms with Crippen molar-refractivity contribution < 1.29 is 0 Å². The summed E-state index contributed by atoms with van der Waals surface area (Å²) in [6, 6.07) is 0. The molecule has 8 heteroatoms. The van der Waals surface area contributed by atoms with E-state index in [0.29, 0.717) is 22.9 Å². The Hall–Kier alpha value is -2.64. The van der Waals surface area contributed by atoms with Crippen LogP contribution in [-0.2, 0) is 0 Å². The van der Waals surface area contributed by atoms with Crippen LogP contribution in [0.3, 0.4) is 0 Å². The summed E-state index contributed by atoms with van der Waals surface area (Å²) in [6.07, 6.45) is 7.39. The van der Waals surface area contributed by atoms with Crippen LogP contribution in [-0.4, -0.2) is 29.7 Å². The summed E-state index contributed by atoms with van der Waals surface area (Å²) in [5, 5.41) is 3.13. The van der Waals surface area contributed by atoms with Crippen molar-refractivity contribution in [3.8, 4) is 5.82 Å². The maximum atomic E-state index is 12.4. The van der Waals surface area contributed by atoms with Gasteiger partial charge in [-0.05, 0) is 12.8 Å². The molecule has 0 radical (unpaired) electrons. The molecule has 3 aromatic heterocycles. The first-order chi connectivity index (χ1) is 10.3. The van der Waals surface area contributed by atoms with Gasteiger partial charge in [-0.2, -0.15) is 4.68 Å². The molecule has 4 rings (SSSR count). The van der Waals surface area contributed by atoms with E-state index in [1.54, 1.807) is 0 Å². The SMILES string of the molecule is Nc1c(C2CCCC2)[nH]n(-c2ncnc3nc[nH]c23)c1=O. The van der Waals surface area contributed by atoms with E-state index in [2.05, 4.69) is 25.0 Å². The van der Waals surface area contributed by atoms with Gasteiger partial charge in [0.1, 0.15) is 17.5 Å². The van der Waals surface area contributed by atoms with Crippen molar-refractivity contribution in [1.29, 1.82) is 0 Å². The summed E-state index contributed by atoms with van der Waals surface area (Å²) in [4.78, 5) is 27.7. The zero-order valence-electron chi connectivity index (χ0n) is 11.3. The normalized spacial score (nSPS) is 16.0. The minimum Gasteiger partial charge on any atom is -0.393 e. The van der Waals surface area contributed by atoms with Gasteiger partial charge in [-0.3, -0.25) is 9.89 Å². The zero-order valence-corrected chi connectivity index (χ0v) is 11.3. The molecule has 1 aliphatic carbocycles. The van der Waals surface area contributed by atoms with Gasteiger partial charge >= 0.3 is 0 Å². The predicted octanol–water partition coefficient (Wildman–Crippen LogP) is 1.07. The number of rotatable bonds is 2. The van der Waals surface area contributed by atoms with Crippen LogP contribution in [0.15, 0.2) is 17.4 Å². The quantitative estimate of drug-likeness (QED) is 0.651. The van der Waals surface area contributed by atoms with Crippen LogP contribution in [0.25, 0.3) is 17.0 Å². The minimum absolute atomic E-state index is 0.272. The fourth-order valence-electron chi connectivity index (χ4n) is 3.06. The molecule has 0 aromatic carbocycles. The highest BCUT2D eigenvalue weighted by Gasteiger charge is 2.25. The highest BCUT2D eigenvalue weighted by atomic mass is 16.1. The van der Waals surface area contributed by atoms with Crippen molar-refractivity contribution in [2.75, 3.05) is 5.73 Å². The second-order valence-electron chi connectivity index (χ2n) is 5.36. The van der Waals surface area contributed by atoms with Gasteiger partial charge in [-0.15, -0.1) is 0 Å². The Kier molecular flexibility index (Phi) is 2.56. The molecule has 0 bridgehead atoms. The fourth-order valence-corrected chi connectivity index (χ4v) is 3.06. The fraction of sp³-hybridized carbons (Fsp3) is 0.385. The second kappa shape index (κ2) is 4.44. The van der Waals surface area contributed by atoms with E-state index in [9.17, 15) is 4.79 Å². The van der Waals surface area contributed by atoms with Crippen molar-refractivity contribution in [3.05, 3.63) is 28.7 Å². The molecule has 1 aliphatic rings. The summed E-state index contributed by atoms with van der Waals surface area (Å²) < 4.78 is 1.38. The van der Waals surface area contributed by atoms with Crippen LogP contribution < -0.4 is 11.3 Å². The van der Waals surface area contributed by atoms with Crippen LogP contribution in [0.5, 0.6) is 0 Å². The molecule has 108 valence electrons. The largest absolute Gasteiger partial charge is 0.393 e. The molecule has 3 heterocycles. The van der Waals surface area contributed by atoms with Crippen LogP contribution >= 0.6 is 0 Å². The molecule has 0 unspecified atom stereocenters. The van der Waals surface area contributed by atoms with E-state index in [1.807, 2.05) is 0 Å².